The zero-order chi connectivity index (χ0) is 19.7. The van der Waals surface area contributed by atoms with E-state index < -0.39 is 5.41 Å². The summed E-state index contributed by atoms with van der Waals surface area (Å²) in [6, 6.07) is 33.7. The third-order valence-corrected chi connectivity index (χ3v) is 5.44. The SMILES string of the molecule is CN(CCCc1ccccc1)CCC(C#N)(c1ccccc1)c1ccccc1. The van der Waals surface area contributed by atoms with Gasteiger partial charge in [0.05, 0.1) is 6.07 Å². The van der Waals surface area contributed by atoms with Crippen LogP contribution in [0.5, 0.6) is 0 Å². The first-order chi connectivity index (χ1) is 13.7. The van der Waals surface area contributed by atoms with Crippen LogP contribution in [0.15, 0.2) is 91.0 Å². The van der Waals surface area contributed by atoms with Crippen LogP contribution >= 0.6 is 0 Å². The van der Waals surface area contributed by atoms with Gasteiger partial charge in [-0.15, -0.1) is 0 Å². The van der Waals surface area contributed by atoms with Gasteiger partial charge >= 0.3 is 0 Å². The maximum absolute atomic E-state index is 10.3. The van der Waals surface area contributed by atoms with Crippen LogP contribution in [-0.2, 0) is 11.8 Å². The number of hydrogen-bond donors (Lipinski definition) is 0. The van der Waals surface area contributed by atoms with Crippen LogP contribution in [0.25, 0.3) is 0 Å². The molecule has 142 valence electrons. The Morgan fingerprint density at radius 2 is 1.25 bits per heavy atom. The van der Waals surface area contributed by atoms with E-state index in [9.17, 15) is 5.26 Å². The molecule has 0 bridgehead atoms. The Morgan fingerprint density at radius 3 is 1.75 bits per heavy atom. The second-order valence-electron chi connectivity index (χ2n) is 7.39. The van der Waals surface area contributed by atoms with Gasteiger partial charge in [-0.3, -0.25) is 0 Å². The third-order valence-electron chi connectivity index (χ3n) is 5.44. The standard InChI is InChI=1S/C26H28N2/c1-28(20-11-14-23-12-5-2-6-13-23)21-19-26(22-27,24-15-7-3-8-16-24)25-17-9-4-10-18-25/h2-10,12-13,15-18H,11,14,19-21H2,1H3. The van der Waals surface area contributed by atoms with E-state index in [2.05, 4.69) is 72.6 Å². The molecule has 0 spiro atoms. The summed E-state index contributed by atoms with van der Waals surface area (Å²) in [7, 11) is 2.16. The summed E-state index contributed by atoms with van der Waals surface area (Å²) >= 11 is 0. The number of rotatable bonds is 9. The van der Waals surface area contributed by atoms with E-state index in [-0.39, 0.29) is 0 Å². The monoisotopic (exact) mass is 368 g/mol. The van der Waals surface area contributed by atoms with E-state index in [4.69, 9.17) is 0 Å². The first-order valence-corrected chi connectivity index (χ1v) is 9.99. The lowest BCUT2D eigenvalue weighted by atomic mass is 9.73. The molecule has 0 N–H and O–H groups in total. The zero-order valence-corrected chi connectivity index (χ0v) is 16.6. The van der Waals surface area contributed by atoms with Crippen LogP contribution in [-0.4, -0.2) is 25.0 Å². The Labute approximate surface area is 169 Å². The summed E-state index contributed by atoms with van der Waals surface area (Å²) in [6.07, 6.45) is 2.99. The van der Waals surface area contributed by atoms with Crippen molar-refractivity contribution in [2.75, 3.05) is 20.1 Å². The van der Waals surface area contributed by atoms with Gasteiger partial charge in [0.1, 0.15) is 5.41 Å². The van der Waals surface area contributed by atoms with Crippen LogP contribution in [0.3, 0.4) is 0 Å². The molecule has 0 aliphatic heterocycles. The summed E-state index contributed by atoms with van der Waals surface area (Å²) in [5.41, 5.74) is 2.91. The lowest BCUT2D eigenvalue weighted by Gasteiger charge is -2.30. The van der Waals surface area contributed by atoms with Crippen molar-refractivity contribution in [2.24, 2.45) is 0 Å². The minimum atomic E-state index is -0.615. The van der Waals surface area contributed by atoms with Gasteiger partial charge in [-0.2, -0.15) is 5.26 Å². The first-order valence-electron chi connectivity index (χ1n) is 9.99. The normalized spacial score (nSPS) is 11.3. The molecule has 28 heavy (non-hydrogen) atoms. The predicted molar refractivity (Wildman–Crippen MR) is 116 cm³/mol. The minimum absolute atomic E-state index is 0.615. The average molecular weight is 369 g/mol. The van der Waals surface area contributed by atoms with Gasteiger partial charge in [-0.25, -0.2) is 0 Å². The van der Waals surface area contributed by atoms with Crippen molar-refractivity contribution in [2.45, 2.75) is 24.7 Å². The summed E-state index contributed by atoms with van der Waals surface area (Å²) < 4.78 is 0. The number of aryl methyl sites for hydroxylation is 1. The lowest BCUT2D eigenvalue weighted by molar-refractivity contribution is 0.308. The van der Waals surface area contributed by atoms with E-state index in [0.717, 1.165) is 43.5 Å². The molecule has 0 aliphatic carbocycles. The highest BCUT2D eigenvalue weighted by atomic mass is 15.1. The number of benzene rings is 3. The largest absolute Gasteiger partial charge is 0.306 e. The topological polar surface area (TPSA) is 27.0 Å². The van der Waals surface area contributed by atoms with E-state index in [1.807, 2.05) is 36.4 Å². The summed E-state index contributed by atoms with van der Waals surface area (Å²) in [4.78, 5) is 2.35. The van der Waals surface area contributed by atoms with Crippen molar-refractivity contribution < 1.29 is 0 Å². The molecule has 0 amide bonds. The molecule has 0 unspecified atom stereocenters. The summed E-state index contributed by atoms with van der Waals surface area (Å²) in [5, 5.41) is 10.3. The van der Waals surface area contributed by atoms with Gasteiger partial charge in [0, 0.05) is 6.54 Å². The molecular formula is C26H28N2. The second kappa shape index (κ2) is 9.88. The fourth-order valence-electron chi connectivity index (χ4n) is 3.75. The molecule has 0 atom stereocenters. The molecule has 0 heterocycles. The first kappa shape index (κ1) is 19.9. The van der Waals surface area contributed by atoms with Crippen LogP contribution in [0, 0.1) is 11.3 Å². The molecule has 0 aromatic heterocycles. The maximum atomic E-state index is 10.3. The predicted octanol–water partition coefficient (Wildman–Crippen LogP) is 5.45. The Kier molecular flexibility index (Phi) is 7.00. The van der Waals surface area contributed by atoms with Gasteiger partial charge in [-0.1, -0.05) is 91.0 Å². The minimum Gasteiger partial charge on any atom is -0.306 e. The van der Waals surface area contributed by atoms with Gasteiger partial charge in [0.25, 0.3) is 0 Å². The Hall–Kier alpha value is -2.89. The molecule has 3 aromatic carbocycles. The highest BCUT2D eigenvalue weighted by Gasteiger charge is 2.34. The van der Waals surface area contributed by atoms with Crippen molar-refractivity contribution in [3.05, 3.63) is 108 Å². The zero-order valence-electron chi connectivity index (χ0n) is 16.6. The fraction of sp³-hybridized carbons (Fsp3) is 0.269. The molecule has 2 nitrogen and oxygen atoms in total. The van der Waals surface area contributed by atoms with Crippen LogP contribution < -0.4 is 0 Å². The smallest absolute Gasteiger partial charge is 0.108 e. The van der Waals surface area contributed by atoms with E-state index in [0.29, 0.717) is 0 Å². The summed E-state index contributed by atoms with van der Waals surface area (Å²) in [5.74, 6) is 0. The van der Waals surface area contributed by atoms with Gasteiger partial charge in [0.15, 0.2) is 0 Å². The van der Waals surface area contributed by atoms with Gasteiger partial charge < -0.3 is 4.90 Å². The van der Waals surface area contributed by atoms with Gasteiger partial charge in [0.2, 0.25) is 0 Å². The Bertz CT molecular complexity index is 827. The van der Waals surface area contributed by atoms with Crippen LogP contribution in [0.4, 0.5) is 0 Å². The molecule has 0 aliphatic rings. The molecule has 3 rings (SSSR count). The summed E-state index contributed by atoms with van der Waals surface area (Å²) in [6.45, 7) is 1.91. The molecule has 0 fully saturated rings. The maximum Gasteiger partial charge on any atom is 0.108 e. The number of hydrogen-bond acceptors (Lipinski definition) is 2. The van der Waals surface area contributed by atoms with Crippen LogP contribution in [0.2, 0.25) is 0 Å². The molecular weight excluding hydrogens is 340 g/mol. The van der Waals surface area contributed by atoms with Crippen molar-refractivity contribution in [3.63, 3.8) is 0 Å². The van der Waals surface area contributed by atoms with E-state index in [1.54, 1.807) is 0 Å². The Balaban J connectivity index is 1.67. The Morgan fingerprint density at radius 1 is 0.750 bits per heavy atom. The molecule has 0 radical (unpaired) electrons. The van der Waals surface area contributed by atoms with Crippen molar-refractivity contribution in [3.8, 4) is 6.07 Å². The highest BCUT2D eigenvalue weighted by Crippen LogP contribution is 2.35. The molecule has 3 aromatic rings. The molecule has 0 saturated carbocycles. The molecule has 2 heteroatoms. The van der Waals surface area contributed by atoms with E-state index >= 15 is 0 Å². The number of nitrogens with zero attached hydrogens (tertiary/aromatic N) is 2. The lowest BCUT2D eigenvalue weighted by Crippen LogP contribution is -2.32. The quantitative estimate of drug-likeness (QED) is 0.502. The number of nitriles is 1. The van der Waals surface area contributed by atoms with Crippen LogP contribution in [0.1, 0.15) is 29.5 Å². The average Bonchev–Trinajstić information content (AvgIpc) is 2.77. The van der Waals surface area contributed by atoms with Crippen molar-refractivity contribution in [1.29, 1.82) is 5.26 Å². The van der Waals surface area contributed by atoms with E-state index in [1.165, 1.54) is 5.56 Å². The fourth-order valence-corrected chi connectivity index (χ4v) is 3.75. The van der Waals surface area contributed by atoms with Crippen molar-refractivity contribution in [1.82, 2.24) is 4.90 Å². The van der Waals surface area contributed by atoms with Gasteiger partial charge in [-0.05, 0) is 49.5 Å². The van der Waals surface area contributed by atoms with Crippen molar-refractivity contribution >= 4 is 0 Å². The molecule has 0 saturated heterocycles. The highest BCUT2D eigenvalue weighted by molar-refractivity contribution is 5.45. The second-order valence-corrected chi connectivity index (χ2v) is 7.39. The third kappa shape index (κ3) is 4.88.